The molecule has 102 valence electrons. The minimum absolute atomic E-state index is 0.0380. The van der Waals surface area contributed by atoms with Crippen molar-refractivity contribution in [1.29, 1.82) is 0 Å². The summed E-state index contributed by atoms with van der Waals surface area (Å²) in [6.07, 6.45) is 0.359. The van der Waals surface area contributed by atoms with Crippen molar-refractivity contribution in [3.8, 4) is 0 Å². The summed E-state index contributed by atoms with van der Waals surface area (Å²) in [5, 5.41) is 11.9. The van der Waals surface area contributed by atoms with Crippen molar-refractivity contribution in [2.24, 2.45) is 0 Å². The van der Waals surface area contributed by atoms with Crippen LogP contribution in [0.4, 0.5) is 4.79 Å². The molecule has 1 amide bonds. The van der Waals surface area contributed by atoms with Crippen LogP contribution in [-0.2, 0) is 4.74 Å². The first kappa shape index (κ1) is 16.4. The summed E-state index contributed by atoms with van der Waals surface area (Å²) in [5.41, 5.74) is -0.497. The van der Waals surface area contributed by atoms with Gasteiger partial charge in [0.1, 0.15) is 5.60 Å². The fourth-order valence-electron chi connectivity index (χ4n) is 1.29. The van der Waals surface area contributed by atoms with Gasteiger partial charge < -0.3 is 15.2 Å². The second-order valence-corrected chi connectivity index (χ2v) is 12.2. The van der Waals surface area contributed by atoms with E-state index in [1.54, 1.807) is 0 Å². The summed E-state index contributed by atoms with van der Waals surface area (Å²) in [6, 6.07) is 0.880. The van der Waals surface area contributed by atoms with E-state index in [0.717, 1.165) is 12.5 Å². The molecule has 1 atom stereocenters. The van der Waals surface area contributed by atoms with E-state index >= 15 is 0 Å². The topological polar surface area (TPSA) is 58.6 Å². The Balaban J connectivity index is 4.09. The van der Waals surface area contributed by atoms with Gasteiger partial charge in [-0.3, -0.25) is 0 Å². The Hall–Kier alpha value is -0.553. The zero-order valence-corrected chi connectivity index (χ0v) is 13.0. The molecule has 0 spiro atoms. The number of amides is 1. The van der Waals surface area contributed by atoms with Crippen LogP contribution in [0.2, 0.25) is 25.7 Å². The molecule has 0 saturated heterocycles. The minimum Gasteiger partial charge on any atom is -0.444 e. The zero-order valence-electron chi connectivity index (χ0n) is 12.0. The maximum Gasteiger partial charge on any atom is 0.407 e. The fraction of sp³-hybridized carbons (Fsp3) is 0.917. The van der Waals surface area contributed by atoms with Gasteiger partial charge in [-0.1, -0.05) is 25.7 Å². The molecule has 0 aromatic rings. The van der Waals surface area contributed by atoms with Crippen molar-refractivity contribution >= 4 is 14.2 Å². The highest BCUT2D eigenvalue weighted by atomic mass is 28.3. The molecule has 17 heavy (non-hydrogen) atoms. The second-order valence-electron chi connectivity index (χ2n) is 6.63. The first-order chi connectivity index (χ1) is 7.53. The van der Waals surface area contributed by atoms with E-state index in [4.69, 9.17) is 4.74 Å². The third-order valence-electron chi connectivity index (χ3n) is 2.18. The molecule has 0 radical (unpaired) electrons. The van der Waals surface area contributed by atoms with Crippen LogP contribution in [0.15, 0.2) is 0 Å². The Morgan fingerprint density at radius 1 is 1.35 bits per heavy atom. The number of aliphatic hydroxyl groups excluding tert-OH is 1. The standard InChI is InChI=1S/C12H27NO3Si/c1-12(2,3)16-11(15)13-10(9-14)7-8-17(4,5)6/h10,14H,7-9H2,1-6H3,(H,13,15)/t10-/m1/s1. The number of carbonyl (C=O) groups is 1. The van der Waals surface area contributed by atoms with Gasteiger partial charge in [-0.15, -0.1) is 0 Å². The minimum atomic E-state index is -1.14. The monoisotopic (exact) mass is 261 g/mol. The predicted octanol–water partition coefficient (Wildman–Crippen LogP) is 2.60. The molecule has 0 aliphatic heterocycles. The van der Waals surface area contributed by atoms with Crippen LogP contribution in [0.3, 0.4) is 0 Å². The van der Waals surface area contributed by atoms with Crippen molar-refractivity contribution in [1.82, 2.24) is 5.32 Å². The number of hydrogen-bond acceptors (Lipinski definition) is 3. The van der Waals surface area contributed by atoms with Crippen LogP contribution >= 0.6 is 0 Å². The van der Waals surface area contributed by atoms with Crippen LogP contribution in [0.5, 0.6) is 0 Å². The number of aliphatic hydroxyl groups is 1. The quantitative estimate of drug-likeness (QED) is 0.748. The van der Waals surface area contributed by atoms with Gasteiger partial charge in [0.15, 0.2) is 0 Å². The SMILES string of the molecule is CC(C)(C)OC(=O)N[C@@H](CO)CC[Si](C)(C)C. The molecule has 0 heterocycles. The fourth-order valence-corrected chi connectivity index (χ4v) is 2.51. The van der Waals surface area contributed by atoms with E-state index in [1.165, 1.54) is 0 Å². The number of ether oxygens (including phenoxy) is 1. The van der Waals surface area contributed by atoms with E-state index in [2.05, 4.69) is 25.0 Å². The van der Waals surface area contributed by atoms with Crippen LogP contribution in [0, 0.1) is 0 Å². The summed E-state index contributed by atoms with van der Waals surface area (Å²) in [5.74, 6) is 0. The van der Waals surface area contributed by atoms with Gasteiger partial charge in [-0.25, -0.2) is 4.79 Å². The molecule has 0 saturated carbocycles. The summed E-state index contributed by atoms with van der Waals surface area (Å²) < 4.78 is 5.15. The van der Waals surface area contributed by atoms with Gasteiger partial charge in [0.25, 0.3) is 0 Å². The molecule has 0 unspecified atom stereocenters. The summed E-state index contributed by atoms with van der Waals surface area (Å²) in [6.45, 7) is 12.2. The Morgan fingerprint density at radius 2 is 1.88 bits per heavy atom. The van der Waals surface area contributed by atoms with Crippen molar-refractivity contribution < 1.29 is 14.6 Å². The van der Waals surface area contributed by atoms with Crippen LogP contribution in [0.1, 0.15) is 27.2 Å². The first-order valence-corrected chi connectivity index (χ1v) is 9.84. The van der Waals surface area contributed by atoms with Crippen LogP contribution < -0.4 is 5.32 Å². The van der Waals surface area contributed by atoms with E-state index in [9.17, 15) is 9.90 Å². The molecule has 0 rings (SSSR count). The maximum atomic E-state index is 11.5. The Labute approximate surface area is 106 Å². The van der Waals surface area contributed by atoms with E-state index < -0.39 is 19.8 Å². The highest BCUT2D eigenvalue weighted by molar-refractivity contribution is 6.76. The Bertz CT molecular complexity index is 243. The van der Waals surface area contributed by atoms with Gasteiger partial charge in [0.05, 0.1) is 12.6 Å². The van der Waals surface area contributed by atoms with Gasteiger partial charge in [0, 0.05) is 8.07 Å². The molecule has 0 aromatic carbocycles. The molecule has 0 fully saturated rings. The van der Waals surface area contributed by atoms with Gasteiger partial charge in [-0.05, 0) is 27.2 Å². The van der Waals surface area contributed by atoms with Gasteiger partial charge in [0.2, 0.25) is 0 Å². The molecule has 5 heteroatoms. The molecule has 0 aliphatic rings. The van der Waals surface area contributed by atoms with Crippen LogP contribution in [0.25, 0.3) is 0 Å². The summed E-state index contributed by atoms with van der Waals surface area (Å²) in [7, 11) is -1.14. The highest BCUT2D eigenvalue weighted by Crippen LogP contribution is 2.13. The number of nitrogens with one attached hydrogen (secondary N) is 1. The van der Waals surface area contributed by atoms with E-state index in [1.807, 2.05) is 20.8 Å². The normalized spacial score (nSPS) is 14.3. The molecule has 0 aromatic heterocycles. The average Bonchev–Trinajstić information content (AvgIpc) is 2.07. The number of hydrogen-bond donors (Lipinski definition) is 2. The zero-order chi connectivity index (χ0) is 13.7. The molecule has 0 bridgehead atoms. The number of alkyl carbamates (subject to hydrolysis) is 1. The van der Waals surface area contributed by atoms with Crippen LogP contribution in [-0.4, -0.2) is 37.5 Å². The molecule has 0 aliphatic carbocycles. The van der Waals surface area contributed by atoms with Crippen molar-refractivity contribution in [3.63, 3.8) is 0 Å². The Morgan fingerprint density at radius 3 is 2.24 bits per heavy atom. The maximum absolute atomic E-state index is 11.5. The van der Waals surface area contributed by atoms with Crippen molar-refractivity contribution in [2.45, 2.75) is 64.5 Å². The van der Waals surface area contributed by atoms with E-state index in [0.29, 0.717) is 0 Å². The lowest BCUT2D eigenvalue weighted by Gasteiger charge is -2.24. The van der Waals surface area contributed by atoms with Gasteiger partial charge in [-0.2, -0.15) is 0 Å². The van der Waals surface area contributed by atoms with Crippen molar-refractivity contribution in [3.05, 3.63) is 0 Å². The lowest BCUT2D eigenvalue weighted by atomic mass is 10.2. The largest absolute Gasteiger partial charge is 0.444 e. The predicted molar refractivity (Wildman–Crippen MR) is 73.0 cm³/mol. The first-order valence-electron chi connectivity index (χ1n) is 6.14. The lowest BCUT2D eigenvalue weighted by Crippen LogP contribution is -2.41. The lowest BCUT2D eigenvalue weighted by molar-refractivity contribution is 0.0481. The van der Waals surface area contributed by atoms with Crippen molar-refractivity contribution in [2.75, 3.05) is 6.61 Å². The smallest absolute Gasteiger partial charge is 0.407 e. The average molecular weight is 261 g/mol. The van der Waals surface area contributed by atoms with E-state index in [-0.39, 0.29) is 12.6 Å². The third kappa shape index (κ3) is 10.3. The highest BCUT2D eigenvalue weighted by Gasteiger charge is 2.21. The molecular formula is C12H27NO3Si. The number of carbonyl (C=O) groups excluding carboxylic acids is 1. The Kier molecular flexibility index (Phi) is 6.19. The third-order valence-corrected chi connectivity index (χ3v) is 3.97. The summed E-state index contributed by atoms with van der Waals surface area (Å²) in [4.78, 5) is 11.5. The molecular weight excluding hydrogens is 234 g/mol. The number of rotatable bonds is 5. The second kappa shape index (κ2) is 6.40. The molecule has 2 N–H and O–H groups in total. The van der Waals surface area contributed by atoms with Gasteiger partial charge >= 0.3 is 6.09 Å². The molecule has 4 nitrogen and oxygen atoms in total. The summed E-state index contributed by atoms with van der Waals surface area (Å²) >= 11 is 0.